The lowest BCUT2D eigenvalue weighted by atomic mass is 10.1. The summed E-state index contributed by atoms with van der Waals surface area (Å²) in [4.78, 5) is 8.88. The second-order valence-corrected chi connectivity index (χ2v) is 6.59. The molecule has 0 saturated carbocycles. The van der Waals surface area contributed by atoms with Crippen molar-refractivity contribution in [1.82, 2.24) is 9.97 Å². The van der Waals surface area contributed by atoms with Gasteiger partial charge in [-0.25, -0.2) is 9.97 Å². The molecule has 1 heterocycles. The number of aryl methyl sites for hydroxylation is 1. The third-order valence-corrected chi connectivity index (χ3v) is 4.35. The summed E-state index contributed by atoms with van der Waals surface area (Å²) in [6, 6.07) is 12.5. The van der Waals surface area contributed by atoms with Crippen LogP contribution in [0.4, 0.5) is 13.2 Å². The Kier molecular flexibility index (Phi) is 6.49. The van der Waals surface area contributed by atoms with E-state index in [0.717, 1.165) is 34.7 Å². The molecule has 0 amide bonds. The quantitative estimate of drug-likeness (QED) is 0.542. The van der Waals surface area contributed by atoms with E-state index in [4.69, 9.17) is 9.47 Å². The molecular weight excluding hydrogens is 381 g/mol. The van der Waals surface area contributed by atoms with Crippen LogP contribution >= 0.6 is 0 Å². The second kappa shape index (κ2) is 9.05. The van der Waals surface area contributed by atoms with Gasteiger partial charge < -0.3 is 9.47 Å². The first-order chi connectivity index (χ1) is 13.9. The van der Waals surface area contributed by atoms with Crippen LogP contribution in [0.3, 0.4) is 0 Å². The van der Waals surface area contributed by atoms with Gasteiger partial charge >= 0.3 is 6.18 Å². The molecule has 0 unspecified atom stereocenters. The fourth-order valence-corrected chi connectivity index (χ4v) is 2.79. The Bertz CT molecular complexity index is 957. The number of halogens is 3. The molecule has 152 valence electrons. The van der Waals surface area contributed by atoms with Gasteiger partial charge in [-0.1, -0.05) is 24.3 Å². The number of benzene rings is 2. The van der Waals surface area contributed by atoms with Crippen molar-refractivity contribution in [3.63, 3.8) is 0 Å². The van der Waals surface area contributed by atoms with Gasteiger partial charge in [-0.05, 0) is 36.8 Å². The van der Waals surface area contributed by atoms with E-state index in [-0.39, 0.29) is 6.61 Å². The number of ether oxygens (including phenoxy) is 2. The molecule has 0 aliphatic heterocycles. The van der Waals surface area contributed by atoms with Crippen LogP contribution in [0.1, 0.15) is 22.4 Å². The van der Waals surface area contributed by atoms with E-state index in [1.165, 1.54) is 12.1 Å². The van der Waals surface area contributed by atoms with Gasteiger partial charge in [0.15, 0.2) is 5.82 Å². The molecule has 0 aliphatic rings. The van der Waals surface area contributed by atoms with Crippen LogP contribution < -0.4 is 4.74 Å². The average molecular weight is 402 g/mol. The standard InChI is InChI=1S/C22H21F3N2O2/c1-15-4-3-5-19(12-15)29-14-17-13-26-21(27-20(17)10-11-28-2)16-6-8-18(9-7-16)22(23,24)25/h3-9,12-13H,10-11,14H2,1-2H3. The van der Waals surface area contributed by atoms with Crippen LogP contribution in [0.25, 0.3) is 11.4 Å². The molecule has 4 nitrogen and oxygen atoms in total. The largest absolute Gasteiger partial charge is 0.489 e. The van der Waals surface area contributed by atoms with Crippen LogP contribution in [0.5, 0.6) is 5.75 Å². The molecule has 0 N–H and O–H groups in total. The lowest BCUT2D eigenvalue weighted by Crippen LogP contribution is -2.08. The van der Waals surface area contributed by atoms with Crippen molar-refractivity contribution < 1.29 is 22.6 Å². The number of hydrogen-bond acceptors (Lipinski definition) is 4. The molecule has 0 bridgehead atoms. The smallest absolute Gasteiger partial charge is 0.416 e. The van der Waals surface area contributed by atoms with Crippen LogP contribution in [0.15, 0.2) is 54.7 Å². The SMILES string of the molecule is COCCc1nc(-c2ccc(C(F)(F)F)cc2)ncc1COc1cccc(C)c1. The highest BCUT2D eigenvalue weighted by Gasteiger charge is 2.30. The maximum absolute atomic E-state index is 12.8. The summed E-state index contributed by atoms with van der Waals surface area (Å²) in [5.74, 6) is 1.11. The Morgan fingerprint density at radius 3 is 2.45 bits per heavy atom. The number of alkyl halides is 3. The number of nitrogens with zero attached hydrogens (tertiary/aromatic N) is 2. The van der Waals surface area contributed by atoms with E-state index in [9.17, 15) is 13.2 Å². The minimum absolute atomic E-state index is 0.287. The second-order valence-electron chi connectivity index (χ2n) is 6.59. The van der Waals surface area contributed by atoms with Crippen molar-refractivity contribution in [2.45, 2.75) is 26.1 Å². The third-order valence-electron chi connectivity index (χ3n) is 4.35. The predicted octanol–water partition coefficient (Wildman–Crippen LogP) is 5.24. The molecule has 0 saturated heterocycles. The summed E-state index contributed by atoms with van der Waals surface area (Å²) in [6.07, 6.45) is -2.18. The molecule has 0 aliphatic carbocycles. The molecule has 0 fully saturated rings. The minimum atomic E-state index is -4.37. The first kappa shape index (κ1) is 20.8. The van der Waals surface area contributed by atoms with Crippen molar-refractivity contribution in [1.29, 1.82) is 0 Å². The molecule has 7 heteroatoms. The number of aromatic nitrogens is 2. The van der Waals surface area contributed by atoms with E-state index in [2.05, 4.69) is 9.97 Å². The topological polar surface area (TPSA) is 44.2 Å². The highest BCUT2D eigenvalue weighted by atomic mass is 19.4. The summed E-state index contributed by atoms with van der Waals surface area (Å²) < 4.78 is 49.3. The van der Waals surface area contributed by atoms with Crippen LogP contribution in [0.2, 0.25) is 0 Å². The summed E-state index contributed by atoms with van der Waals surface area (Å²) >= 11 is 0. The van der Waals surface area contributed by atoms with Gasteiger partial charge in [0.05, 0.1) is 17.9 Å². The van der Waals surface area contributed by atoms with Crippen molar-refractivity contribution in [3.05, 3.63) is 77.1 Å². The molecule has 2 aromatic carbocycles. The number of rotatable bonds is 7. The Labute approximate surface area is 167 Å². The lowest BCUT2D eigenvalue weighted by Gasteiger charge is -2.12. The van der Waals surface area contributed by atoms with Gasteiger partial charge in [-0.15, -0.1) is 0 Å². The van der Waals surface area contributed by atoms with E-state index >= 15 is 0 Å². The summed E-state index contributed by atoms with van der Waals surface area (Å²) in [6.45, 7) is 2.73. The van der Waals surface area contributed by atoms with Gasteiger partial charge in [0.2, 0.25) is 0 Å². The fourth-order valence-electron chi connectivity index (χ4n) is 2.79. The highest BCUT2D eigenvalue weighted by molar-refractivity contribution is 5.56. The third kappa shape index (κ3) is 5.54. The Hall–Kier alpha value is -2.93. The molecule has 0 radical (unpaired) electrons. The molecular formula is C22H21F3N2O2. The van der Waals surface area contributed by atoms with Crippen molar-refractivity contribution >= 4 is 0 Å². The van der Waals surface area contributed by atoms with E-state index < -0.39 is 11.7 Å². The predicted molar refractivity (Wildman–Crippen MR) is 104 cm³/mol. The van der Waals surface area contributed by atoms with Gasteiger partial charge in [0, 0.05) is 30.9 Å². The Morgan fingerprint density at radius 2 is 1.79 bits per heavy atom. The maximum atomic E-state index is 12.8. The first-order valence-corrected chi connectivity index (χ1v) is 9.07. The van der Waals surface area contributed by atoms with Gasteiger partial charge in [-0.2, -0.15) is 13.2 Å². The molecule has 0 spiro atoms. The van der Waals surface area contributed by atoms with Gasteiger partial charge in [0.25, 0.3) is 0 Å². The van der Waals surface area contributed by atoms with E-state index in [1.54, 1.807) is 13.3 Å². The van der Waals surface area contributed by atoms with E-state index in [1.807, 2.05) is 31.2 Å². The highest BCUT2D eigenvalue weighted by Crippen LogP contribution is 2.30. The zero-order chi connectivity index (χ0) is 20.9. The Balaban J connectivity index is 1.83. The molecule has 0 atom stereocenters. The monoisotopic (exact) mass is 402 g/mol. The van der Waals surface area contributed by atoms with Gasteiger partial charge in [0.1, 0.15) is 12.4 Å². The van der Waals surface area contributed by atoms with Gasteiger partial charge in [-0.3, -0.25) is 0 Å². The number of methoxy groups -OCH3 is 1. The van der Waals surface area contributed by atoms with Crippen LogP contribution in [0, 0.1) is 6.92 Å². The van der Waals surface area contributed by atoms with Crippen molar-refractivity contribution in [2.24, 2.45) is 0 Å². The summed E-state index contributed by atoms with van der Waals surface area (Å²) in [5, 5.41) is 0. The van der Waals surface area contributed by atoms with Crippen LogP contribution in [-0.4, -0.2) is 23.7 Å². The zero-order valence-electron chi connectivity index (χ0n) is 16.2. The maximum Gasteiger partial charge on any atom is 0.416 e. The summed E-state index contributed by atoms with van der Waals surface area (Å²) in [7, 11) is 1.60. The van der Waals surface area contributed by atoms with Crippen LogP contribution in [-0.2, 0) is 23.9 Å². The van der Waals surface area contributed by atoms with Crippen molar-refractivity contribution in [3.8, 4) is 17.1 Å². The number of hydrogen-bond donors (Lipinski definition) is 0. The first-order valence-electron chi connectivity index (χ1n) is 9.07. The minimum Gasteiger partial charge on any atom is -0.489 e. The van der Waals surface area contributed by atoms with E-state index in [0.29, 0.717) is 24.4 Å². The molecule has 3 rings (SSSR count). The molecule has 3 aromatic rings. The average Bonchev–Trinajstić information content (AvgIpc) is 2.70. The zero-order valence-corrected chi connectivity index (χ0v) is 16.2. The summed E-state index contributed by atoms with van der Waals surface area (Å²) in [5.41, 5.74) is 2.45. The molecule has 29 heavy (non-hydrogen) atoms. The normalized spacial score (nSPS) is 11.5. The molecule has 1 aromatic heterocycles. The lowest BCUT2D eigenvalue weighted by molar-refractivity contribution is -0.137. The fraction of sp³-hybridized carbons (Fsp3) is 0.273. The van der Waals surface area contributed by atoms with Crippen molar-refractivity contribution in [2.75, 3.05) is 13.7 Å². The Morgan fingerprint density at radius 1 is 1.03 bits per heavy atom.